The van der Waals surface area contributed by atoms with Crippen molar-refractivity contribution in [2.24, 2.45) is 0 Å². The van der Waals surface area contributed by atoms with Crippen LogP contribution >= 0.6 is 11.3 Å². The first kappa shape index (κ1) is 14.7. The van der Waals surface area contributed by atoms with E-state index in [1.54, 1.807) is 12.1 Å². The van der Waals surface area contributed by atoms with Crippen LogP contribution < -0.4 is 5.32 Å². The fraction of sp³-hybridized carbons (Fsp3) is 0.412. The topological polar surface area (TPSA) is 15.3 Å². The number of benzene rings is 1. The van der Waals surface area contributed by atoms with E-state index < -0.39 is 0 Å². The highest BCUT2D eigenvalue weighted by Gasteiger charge is 2.20. The summed E-state index contributed by atoms with van der Waals surface area (Å²) in [6.45, 7) is 2.67. The van der Waals surface area contributed by atoms with Crippen molar-refractivity contribution in [3.63, 3.8) is 0 Å². The van der Waals surface area contributed by atoms with Gasteiger partial charge < -0.3 is 5.32 Å². The van der Waals surface area contributed by atoms with E-state index in [0.717, 1.165) is 31.2 Å². The van der Waals surface area contributed by atoms with E-state index >= 15 is 0 Å². The molecule has 0 spiro atoms. The lowest BCUT2D eigenvalue weighted by atomic mass is 10.2. The molecule has 2 nitrogen and oxygen atoms in total. The van der Waals surface area contributed by atoms with Crippen LogP contribution in [0.15, 0.2) is 36.4 Å². The maximum absolute atomic E-state index is 13.2. The zero-order chi connectivity index (χ0) is 14.7. The highest BCUT2D eigenvalue weighted by molar-refractivity contribution is 7.11. The Labute approximate surface area is 129 Å². The minimum atomic E-state index is -0.162. The summed E-state index contributed by atoms with van der Waals surface area (Å²) in [5.74, 6) is -0.162. The number of rotatable bonds is 7. The number of hydrogen-bond donors (Lipinski definition) is 1. The van der Waals surface area contributed by atoms with Crippen LogP contribution in [0.1, 0.15) is 28.2 Å². The standard InChI is InChI=1S/C17H21FN2S/c1-20(11-13-3-2-4-14(18)9-13)12-17-8-7-16(21-17)10-19-15-5-6-15/h2-4,7-9,15,19H,5-6,10-12H2,1H3. The molecule has 1 aliphatic carbocycles. The van der Waals surface area contributed by atoms with Crippen molar-refractivity contribution in [1.29, 1.82) is 0 Å². The zero-order valence-electron chi connectivity index (χ0n) is 12.3. The lowest BCUT2D eigenvalue weighted by molar-refractivity contribution is 0.321. The average Bonchev–Trinajstić information content (AvgIpc) is 3.17. The molecular weight excluding hydrogens is 283 g/mol. The van der Waals surface area contributed by atoms with E-state index in [1.165, 1.54) is 28.7 Å². The van der Waals surface area contributed by atoms with Gasteiger partial charge in [-0.3, -0.25) is 4.90 Å². The van der Waals surface area contributed by atoms with Crippen molar-refractivity contribution in [2.45, 2.75) is 38.5 Å². The van der Waals surface area contributed by atoms with Gasteiger partial charge in [-0.1, -0.05) is 12.1 Å². The number of halogens is 1. The summed E-state index contributed by atoms with van der Waals surface area (Å²) in [7, 11) is 2.08. The second-order valence-corrected chi connectivity index (χ2v) is 7.08. The second kappa shape index (κ2) is 6.69. The predicted octanol–water partition coefficient (Wildman–Crippen LogP) is 3.77. The molecule has 1 N–H and O–H groups in total. The molecule has 1 fully saturated rings. The third-order valence-electron chi connectivity index (χ3n) is 3.63. The molecule has 21 heavy (non-hydrogen) atoms. The van der Waals surface area contributed by atoms with E-state index in [0.29, 0.717) is 0 Å². The number of thiophene rings is 1. The lowest BCUT2D eigenvalue weighted by Crippen LogP contribution is -2.16. The molecule has 0 saturated heterocycles. The lowest BCUT2D eigenvalue weighted by Gasteiger charge is -2.15. The van der Waals surface area contributed by atoms with Gasteiger partial charge in [0.2, 0.25) is 0 Å². The third-order valence-corrected chi connectivity index (χ3v) is 4.70. The van der Waals surface area contributed by atoms with E-state index in [1.807, 2.05) is 17.4 Å². The van der Waals surface area contributed by atoms with Gasteiger partial charge in [-0.15, -0.1) is 11.3 Å². The van der Waals surface area contributed by atoms with E-state index in [9.17, 15) is 4.39 Å². The van der Waals surface area contributed by atoms with E-state index in [-0.39, 0.29) is 5.82 Å². The third kappa shape index (κ3) is 4.63. The molecule has 1 aromatic carbocycles. The van der Waals surface area contributed by atoms with Crippen LogP contribution in [0.4, 0.5) is 4.39 Å². The summed E-state index contributed by atoms with van der Waals surface area (Å²) < 4.78 is 13.2. The molecule has 0 bridgehead atoms. The van der Waals surface area contributed by atoms with Gasteiger partial charge in [-0.25, -0.2) is 4.39 Å². The quantitative estimate of drug-likeness (QED) is 0.837. The summed E-state index contributed by atoms with van der Waals surface area (Å²) in [5, 5.41) is 3.54. The van der Waals surface area contributed by atoms with Crippen molar-refractivity contribution < 1.29 is 4.39 Å². The Morgan fingerprint density at radius 3 is 2.76 bits per heavy atom. The summed E-state index contributed by atoms with van der Waals surface area (Å²) in [6, 6.07) is 12.0. The SMILES string of the molecule is CN(Cc1cccc(F)c1)Cc1ccc(CNC2CC2)s1. The maximum atomic E-state index is 13.2. The van der Waals surface area contributed by atoms with Gasteiger partial charge in [0, 0.05) is 35.4 Å². The number of nitrogens with zero attached hydrogens (tertiary/aromatic N) is 1. The number of nitrogens with one attached hydrogen (secondary N) is 1. The minimum absolute atomic E-state index is 0.162. The van der Waals surface area contributed by atoms with Crippen LogP contribution in [0.2, 0.25) is 0 Å². The van der Waals surface area contributed by atoms with Crippen LogP contribution in [-0.4, -0.2) is 18.0 Å². The fourth-order valence-electron chi connectivity index (χ4n) is 2.40. The molecule has 0 aliphatic heterocycles. The van der Waals surface area contributed by atoms with Crippen molar-refractivity contribution in [2.75, 3.05) is 7.05 Å². The van der Waals surface area contributed by atoms with Crippen LogP contribution in [0, 0.1) is 5.82 Å². The summed E-state index contributed by atoms with van der Waals surface area (Å²) >= 11 is 1.87. The van der Waals surface area contributed by atoms with Crippen molar-refractivity contribution in [3.05, 3.63) is 57.5 Å². The first-order valence-electron chi connectivity index (χ1n) is 7.43. The van der Waals surface area contributed by atoms with Gasteiger partial charge in [0.1, 0.15) is 5.82 Å². The molecule has 112 valence electrons. The van der Waals surface area contributed by atoms with E-state index in [4.69, 9.17) is 0 Å². The van der Waals surface area contributed by atoms with Crippen molar-refractivity contribution >= 4 is 11.3 Å². The largest absolute Gasteiger partial charge is 0.309 e. The monoisotopic (exact) mass is 304 g/mol. The van der Waals surface area contributed by atoms with E-state index in [2.05, 4.69) is 29.4 Å². The summed E-state index contributed by atoms with van der Waals surface area (Å²) in [6.07, 6.45) is 2.66. The first-order chi connectivity index (χ1) is 10.2. The van der Waals surface area contributed by atoms with Gasteiger partial charge in [0.15, 0.2) is 0 Å². The Kier molecular flexibility index (Phi) is 4.68. The normalized spacial score (nSPS) is 14.8. The Morgan fingerprint density at radius 1 is 1.19 bits per heavy atom. The van der Waals surface area contributed by atoms with Gasteiger partial charge in [0.05, 0.1) is 0 Å². The Bertz CT molecular complexity index is 592. The molecule has 3 rings (SSSR count). The highest BCUT2D eigenvalue weighted by Crippen LogP contribution is 2.22. The zero-order valence-corrected chi connectivity index (χ0v) is 13.1. The highest BCUT2D eigenvalue weighted by atomic mass is 32.1. The Hall–Kier alpha value is -1.23. The van der Waals surface area contributed by atoms with Crippen molar-refractivity contribution in [3.8, 4) is 0 Å². The van der Waals surface area contributed by atoms with Crippen molar-refractivity contribution in [1.82, 2.24) is 10.2 Å². The smallest absolute Gasteiger partial charge is 0.123 e. The summed E-state index contributed by atoms with van der Waals surface area (Å²) in [5.41, 5.74) is 1.02. The van der Waals surface area contributed by atoms with Crippen LogP contribution in [0.5, 0.6) is 0 Å². The predicted molar refractivity (Wildman–Crippen MR) is 85.8 cm³/mol. The Morgan fingerprint density at radius 2 is 2.00 bits per heavy atom. The molecule has 4 heteroatoms. The second-order valence-electron chi connectivity index (χ2n) is 5.83. The fourth-order valence-corrected chi connectivity index (χ4v) is 3.45. The van der Waals surface area contributed by atoms with Crippen LogP contribution in [0.3, 0.4) is 0 Å². The minimum Gasteiger partial charge on any atom is -0.309 e. The van der Waals surface area contributed by atoms with Gasteiger partial charge >= 0.3 is 0 Å². The Balaban J connectivity index is 1.50. The molecule has 1 saturated carbocycles. The van der Waals surface area contributed by atoms with Gasteiger partial charge in [0.25, 0.3) is 0 Å². The molecule has 1 aromatic heterocycles. The maximum Gasteiger partial charge on any atom is 0.123 e. The first-order valence-corrected chi connectivity index (χ1v) is 8.24. The molecule has 0 radical (unpaired) electrons. The molecule has 0 unspecified atom stereocenters. The molecule has 1 heterocycles. The summed E-state index contributed by atoms with van der Waals surface area (Å²) in [4.78, 5) is 4.98. The van der Waals surface area contributed by atoms with Gasteiger partial charge in [-0.2, -0.15) is 0 Å². The molecule has 0 atom stereocenters. The van der Waals surface area contributed by atoms with Gasteiger partial charge in [-0.05, 0) is 49.7 Å². The van der Waals surface area contributed by atoms with Crippen LogP contribution in [-0.2, 0) is 19.6 Å². The molecular formula is C17H21FN2S. The molecule has 1 aliphatic rings. The van der Waals surface area contributed by atoms with Crippen LogP contribution in [0.25, 0.3) is 0 Å². The average molecular weight is 304 g/mol. The molecule has 0 amide bonds. The molecule has 2 aromatic rings. The number of hydrogen-bond acceptors (Lipinski definition) is 3.